The van der Waals surface area contributed by atoms with Crippen LogP contribution in [-0.4, -0.2) is 19.4 Å². The van der Waals surface area contributed by atoms with Crippen LogP contribution in [0.2, 0.25) is 0 Å². The van der Waals surface area contributed by atoms with Crippen molar-refractivity contribution >= 4 is 12.3 Å². The first-order valence-electron chi connectivity index (χ1n) is 6.52. The van der Waals surface area contributed by atoms with Crippen molar-refractivity contribution in [2.24, 2.45) is 5.10 Å². The molecule has 2 rings (SSSR count). The molecule has 0 unspecified atom stereocenters. The van der Waals surface area contributed by atoms with Crippen molar-refractivity contribution in [2.45, 2.75) is 6.61 Å². The zero-order valence-corrected chi connectivity index (χ0v) is 12.0. The maximum Gasteiger partial charge on any atom is 0.427 e. The van der Waals surface area contributed by atoms with Gasteiger partial charge in [-0.25, -0.2) is 14.6 Å². The SMILES string of the molecule is COC(=O)N/N=C\c1cccc(OCc2ccc(F)cc2)c1. The van der Waals surface area contributed by atoms with Crippen LogP contribution in [0.15, 0.2) is 53.6 Å². The van der Waals surface area contributed by atoms with E-state index in [4.69, 9.17) is 4.74 Å². The zero-order chi connectivity index (χ0) is 15.8. The summed E-state index contributed by atoms with van der Waals surface area (Å²) >= 11 is 0. The van der Waals surface area contributed by atoms with Gasteiger partial charge < -0.3 is 9.47 Å². The van der Waals surface area contributed by atoms with E-state index in [1.54, 1.807) is 30.3 Å². The van der Waals surface area contributed by atoms with E-state index < -0.39 is 6.09 Å². The Labute approximate surface area is 127 Å². The highest BCUT2D eigenvalue weighted by molar-refractivity contribution is 5.81. The first-order chi connectivity index (χ1) is 10.7. The summed E-state index contributed by atoms with van der Waals surface area (Å²) in [5.74, 6) is 0.367. The number of ether oxygens (including phenoxy) is 2. The van der Waals surface area contributed by atoms with Gasteiger partial charge in [-0.2, -0.15) is 5.10 Å². The zero-order valence-electron chi connectivity index (χ0n) is 12.0. The Morgan fingerprint density at radius 1 is 1.27 bits per heavy atom. The number of hydrogen-bond acceptors (Lipinski definition) is 4. The second-order valence-corrected chi connectivity index (χ2v) is 4.35. The van der Waals surface area contributed by atoms with Crippen molar-refractivity contribution in [1.82, 2.24) is 5.43 Å². The molecule has 0 saturated carbocycles. The van der Waals surface area contributed by atoms with Crippen LogP contribution in [0.3, 0.4) is 0 Å². The van der Waals surface area contributed by atoms with Crippen LogP contribution in [-0.2, 0) is 11.3 Å². The highest BCUT2D eigenvalue weighted by Gasteiger charge is 1.98. The van der Waals surface area contributed by atoms with Crippen LogP contribution >= 0.6 is 0 Å². The van der Waals surface area contributed by atoms with E-state index in [0.29, 0.717) is 12.4 Å². The molecule has 2 aromatic carbocycles. The third-order valence-electron chi connectivity index (χ3n) is 2.73. The minimum Gasteiger partial charge on any atom is -0.489 e. The lowest BCUT2D eigenvalue weighted by molar-refractivity contribution is 0.171. The minimum absolute atomic E-state index is 0.278. The fraction of sp³-hybridized carbons (Fsp3) is 0.125. The summed E-state index contributed by atoms with van der Waals surface area (Å²) in [7, 11) is 1.26. The molecule has 0 aliphatic carbocycles. The summed E-state index contributed by atoms with van der Waals surface area (Å²) in [5.41, 5.74) is 3.82. The summed E-state index contributed by atoms with van der Waals surface area (Å²) in [4.78, 5) is 10.9. The number of carbonyl (C=O) groups excluding carboxylic acids is 1. The van der Waals surface area contributed by atoms with Gasteiger partial charge in [-0.3, -0.25) is 0 Å². The number of amides is 1. The normalized spacial score (nSPS) is 10.5. The number of benzene rings is 2. The molecule has 0 aliphatic heterocycles. The van der Waals surface area contributed by atoms with Crippen LogP contribution in [0.4, 0.5) is 9.18 Å². The van der Waals surface area contributed by atoms with Gasteiger partial charge in [0.1, 0.15) is 18.2 Å². The molecule has 6 heteroatoms. The van der Waals surface area contributed by atoms with Gasteiger partial charge in [0.25, 0.3) is 0 Å². The summed E-state index contributed by atoms with van der Waals surface area (Å²) in [6, 6.07) is 13.3. The molecule has 114 valence electrons. The quantitative estimate of drug-likeness (QED) is 0.682. The second kappa shape index (κ2) is 7.78. The second-order valence-electron chi connectivity index (χ2n) is 4.35. The molecule has 0 radical (unpaired) electrons. The smallest absolute Gasteiger partial charge is 0.427 e. The molecular weight excluding hydrogens is 287 g/mol. The third-order valence-corrected chi connectivity index (χ3v) is 2.73. The van der Waals surface area contributed by atoms with Gasteiger partial charge in [0.05, 0.1) is 13.3 Å². The van der Waals surface area contributed by atoms with Gasteiger partial charge >= 0.3 is 6.09 Å². The standard InChI is InChI=1S/C16H15FN2O3/c1-21-16(20)19-18-10-13-3-2-4-15(9-13)22-11-12-5-7-14(17)8-6-12/h2-10H,11H2,1H3,(H,19,20)/b18-10-. The molecule has 5 nitrogen and oxygen atoms in total. The maximum absolute atomic E-state index is 12.8. The topological polar surface area (TPSA) is 59.9 Å². The third kappa shape index (κ3) is 4.90. The first-order valence-corrected chi connectivity index (χ1v) is 6.52. The van der Waals surface area contributed by atoms with Crippen LogP contribution in [0.25, 0.3) is 0 Å². The van der Waals surface area contributed by atoms with Gasteiger partial charge in [0, 0.05) is 0 Å². The van der Waals surface area contributed by atoms with Crippen LogP contribution in [0.1, 0.15) is 11.1 Å². The lowest BCUT2D eigenvalue weighted by Gasteiger charge is -2.07. The molecule has 1 amide bonds. The van der Waals surface area contributed by atoms with Gasteiger partial charge in [-0.05, 0) is 35.4 Å². The number of rotatable bonds is 5. The van der Waals surface area contributed by atoms with Gasteiger partial charge in [-0.15, -0.1) is 0 Å². The van der Waals surface area contributed by atoms with E-state index in [1.807, 2.05) is 6.07 Å². The molecule has 0 bridgehead atoms. The monoisotopic (exact) mass is 302 g/mol. The van der Waals surface area contributed by atoms with Crippen molar-refractivity contribution in [2.75, 3.05) is 7.11 Å². The highest BCUT2D eigenvalue weighted by atomic mass is 19.1. The van der Waals surface area contributed by atoms with E-state index in [-0.39, 0.29) is 5.82 Å². The Hall–Kier alpha value is -2.89. The molecule has 22 heavy (non-hydrogen) atoms. The first kappa shape index (κ1) is 15.5. The van der Waals surface area contributed by atoms with E-state index in [2.05, 4.69) is 15.3 Å². The van der Waals surface area contributed by atoms with Crippen molar-refractivity contribution in [3.63, 3.8) is 0 Å². The summed E-state index contributed by atoms with van der Waals surface area (Å²) < 4.78 is 22.8. The number of hydrazone groups is 1. The Morgan fingerprint density at radius 3 is 2.77 bits per heavy atom. The molecule has 0 aliphatic rings. The van der Waals surface area contributed by atoms with Crippen molar-refractivity contribution < 1.29 is 18.7 Å². The fourth-order valence-electron chi connectivity index (χ4n) is 1.64. The van der Waals surface area contributed by atoms with Crippen LogP contribution < -0.4 is 10.2 Å². The minimum atomic E-state index is -0.639. The number of halogens is 1. The molecular formula is C16H15FN2O3. The predicted molar refractivity (Wildman–Crippen MR) is 80.3 cm³/mol. The Morgan fingerprint density at radius 2 is 2.05 bits per heavy atom. The van der Waals surface area contributed by atoms with E-state index in [1.165, 1.54) is 25.5 Å². The number of nitrogens with one attached hydrogen (secondary N) is 1. The van der Waals surface area contributed by atoms with E-state index in [0.717, 1.165) is 11.1 Å². The van der Waals surface area contributed by atoms with Crippen molar-refractivity contribution in [1.29, 1.82) is 0 Å². The lowest BCUT2D eigenvalue weighted by Crippen LogP contribution is -2.16. The number of carbonyl (C=O) groups is 1. The van der Waals surface area contributed by atoms with E-state index >= 15 is 0 Å². The van der Waals surface area contributed by atoms with Crippen molar-refractivity contribution in [3.05, 3.63) is 65.5 Å². The number of nitrogens with zero attached hydrogens (tertiary/aromatic N) is 1. The molecule has 0 aromatic heterocycles. The fourth-order valence-corrected chi connectivity index (χ4v) is 1.64. The maximum atomic E-state index is 12.8. The van der Waals surface area contributed by atoms with E-state index in [9.17, 15) is 9.18 Å². The molecule has 0 heterocycles. The molecule has 0 atom stereocenters. The number of hydrogen-bond donors (Lipinski definition) is 1. The Balaban J connectivity index is 1.93. The largest absolute Gasteiger partial charge is 0.489 e. The van der Waals surface area contributed by atoms with Crippen LogP contribution in [0.5, 0.6) is 5.75 Å². The van der Waals surface area contributed by atoms with Gasteiger partial charge in [0.2, 0.25) is 0 Å². The Bertz CT molecular complexity index is 657. The molecule has 2 aromatic rings. The lowest BCUT2D eigenvalue weighted by atomic mass is 10.2. The average Bonchev–Trinajstić information content (AvgIpc) is 2.54. The summed E-state index contributed by atoms with van der Waals surface area (Å²) in [6.07, 6.45) is 0.835. The number of methoxy groups -OCH3 is 1. The van der Waals surface area contributed by atoms with Gasteiger partial charge in [-0.1, -0.05) is 24.3 Å². The van der Waals surface area contributed by atoms with Crippen LogP contribution in [0, 0.1) is 5.82 Å². The summed E-state index contributed by atoms with van der Waals surface area (Å²) in [5, 5.41) is 3.73. The highest BCUT2D eigenvalue weighted by Crippen LogP contribution is 2.14. The van der Waals surface area contributed by atoms with Crippen molar-refractivity contribution in [3.8, 4) is 5.75 Å². The Kier molecular flexibility index (Phi) is 5.48. The molecule has 0 fully saturated rings. The molecule has 0 spiro atoms. The predicted octanol–water partition coefficient (Wildman–Crippen LogP) is 3.09. The van der Waals surface area contributed by atoms with Gasteiger partial charge in [0.15, 0.2) is 0 Å². The summed E-state index contributed by atoms with van der Waals surface area (Å²) in [6.45, 7) is 0.335. The molecule has 0 saturated heterocycles. The average molecular weight is 302 g/mol. The molecule has 1 N–H and O–H groups in total.